The number of rotatable bonds is 4. The van der Waals surface area contributed by atoms with E-state index in [9.17, 15) is 9.59 Å². The number of nitrogens with one attached hydrogen (secondary N) is 2. The Hall–Kier alpha value is -2.60. The second-order valence-corrected chi connectivity index (χ2v) is 5.97. The summed E-state index contributed by atoms with van der Waals surface area (Å²) in [4.78, 5) is 28.3. The van der Waals surface area contributed by atoms with Gasteiger partial charge in [0.25, 0.3) is 5.56 Å². The molecule has 0 aliphatic carbocycles. The van der Waals surface area contributed by atoms with Gasteiger partial charge in [0.15, 0.2) is 0 Å². The summed E-state index contributed by atoms with van der Waals surface area (Å²) in [6, 6.07) is 12.6. The minimum Gasteiger partial charge on any atom is -0.366 e. The third kappa shape index (κ3) is 3.01. The third-order valence-electron chi connectivity index (χ3n) is 3.23. The van der Waals surface area contributed by atoms with Crippen LogP contribution in [-0.4, -0.2) is 9.55 Å². The Bertz CT molecular complexity index is 863. The average Bonchev–Trinajstić information content (AvgIpc) is 2.98. The van der Waals surface area contributed by atoms with E-state index < -0.39 is 5.69 Å². The Morgan fingerprint density at radius 2 is 2.05 bits per heavy atom. The van der Waals surface area contributed by atoms with Gasteiger partial charge in [0.2, 0.25) is 0 Å². The highest BCUT2D eigenvalue weighted by Gasteiger charge is 2.07. The van der Waals surface area contributed by atoms with E-state index in [0.29, 0.717) is 18.1 Å². The minimum atomic E-state index is -0.452. The van der Waals surface area contributed by atoms with E-state index in [1.54, 1.807) is 23.5 Å². The maximum Gasteiger partial charge on any atom is 0.334 e. The van der Waals surface area contributed by atoms with Crippen molar-refractivity contribution in [2.24, 2.45) is 0 Å². The summed E-state index contributed by atoms with van der Waals surface area (Å²) in [6.07, 6.45) is 0. The van der Waals surface area contributed by atoms with Gasteiger partial charge in [0, 0.05) is 10.9 Å². The molecular weight excluding hydrogens is 298 g/mol. The maximum atomic E-state index is 12.2. The number of aryl methyl sites for hydroxylation is 1. The molecule has 112 valence electrons. The lowest BCUT2D eigenvalue weighted by molar-refractivity contribution is 0.872. The molecule has 2 aromatic heterocycles. The van der Waals surface area contributed by atoms with Crippen LogP contribution in [0.5, 0.6) is 0 Å². The average molecular weight is 313 g/mol. The topological polar surface area (TPSA) is 66.9 Å². The fourth-order valence-electron chi connectivity index (χ4n) is 2.20. The number of thiophene rings is 1. The number of aromatic nitrogens is 2. The highest BCUT2D eigenvalue weighted by atomic mass is 32.1. The van der Waals surface area contributed by atoms with Gasteiger partial charge >= 0.3 is 5.69 Å². The van der Waals surface area contributed by atoms with Crippen LogP contribution in [0.1, 0.15) is 10.4 Å². The van der Waals surface area contributed by atoms with Gasteiger partial charge in [0.05, 0.1) is 12.2 Å². The summed E-state index contributed by atoms with van der Waals surface area (Å²) in [5.74, 6) is 0.423. The second kappa shape index (κ2) is 6.03. The van der Waals surface area contributed by atoms with Crippen molar-refractivity contribution in [1.82, 2.24) is 9.55 Å². The second-order valence-electron chi connectivity index (χ2n) is 4.93. The van der Waals surface area contributed by atoms with E-state index in [4.69, 9.17) is 0 Å². The molecule has 0 saturated carbocycles. The molecule has 2 heterocycles. The number of H-pyrrole nitrogens is 1. The fraction of sp³-hybridized carbons (Fsp3) is 0.125. The quantitative estimate of drug-likeness (QED) is 0.778. The highest BCUT2D eigenvalue weighted by Crippen LogP contribution is 2.10. The Morgan fingerprint density at radius 3 is 2.73 bits per heavy atom. The predicted molar refractivity (Wildman–Crippen MR) is 89.0 cm³/mol. The molecule has 1 aromatic carbocycles. The number of hydrogen-bond acceptors (Lipinski definition) is 4. The summed E-state index contributed by atoms with van der Waals surface area (Å²) in [5, 5.41) is 5.04. The summed E-state index contributed by atoms with van der Waals surface area (Å²) in [6.45, 7) is 2.49. The monoisotopic (exact) mass is 313 g/mol. The number of anilines is 1. The van der Waals surface area contributed by atoms with Crippen molar-refractivity contribution in [3.63, 3.8) is 0 Å². The smallest absolute Gasteiger partial charge is 0.334 e. The van der Waals surface area contributed by atoms with Gasteiger partial charge in [-0.3, -0.25) is 9.78 Å². The van der Waals surface area contributed by atoms with Crippen LogP contribution < -0.4 is 16.6 Å². The first-order chi connectivity index (χ1) is 10.6. The van der Waals surface area contributed by atoms with Crippen LogP contribution in [0.4, 0.5) is 5.82 Å². The molecule has 3 rings (SSSR count). The molecule has 5 nitrogen and oxygen atoms in total. The lowest BCUT2D eigenvalue weighted by atomic mass is 10.2. The zero-order chi connectivity index (χ0) is 15.5. The van der Waals surface area contributed by atoms with E-state index in [2.05, 4.69) is 10.3 Å². The lowest BCUT2D eigenvalue weighted by Gasteiger charge is -2.08. The molecule has 0 aliphatic heterocycles. The van der Waals surface area contributed by atoms with Gasteiger partial charge < -0.3 is 5.32 Å². The van der Waals surface area contributed by atoms with Crippen molar-refractivity contribution < 1.29 is 0 Å². The Morgan fingerprint density at radius 1 is 1.18 bits per heavy atom. The Labute approximate surface area is 130 Å². The van der Waals surface area contributed by atoms with Crippen molar-refractivity contribution in [2.75, 3.05) is 5.32 Å². The number of nitrogens with zero attached hydrogens (tertiary/aromatic N) is 1. The standard InChI is InChI=1S/C16H15N3O2S/c1-11-4-2-5-12(8-11)19-15(20)9-14(18-16(19)21)17-10-13-6-3-7-22-13/h2-9,17H,10H2,1H3,(H,18,21). The minimum absolute atomic E-state index is 0.358. The summed E-state index contributed by atoms with van der Waals surface area (Å²) < 4.78 is 1.13. The molecule has 0 amide bonds. The predicted octanol–water partition coefficient (Wildman–Crippen LogP) is 2.51. The van der Waals surface area contributed by atoms with Crippen LogP contribution in [0.2, 0.25) is 0 Å². The van der Waals surface area contributed by atoms with E-state index in [1.165, 1.54) is 6.07 Å². The molecule has 22 heavy (non-hydrogen) atoms. The van der Waals surface area contributed by atoms with Crippen molar-refractivity contribution in [1.29, 1.82) is 0 Å². The molecule has 2 N–H and O–H groups in total. The molecule has 3 aromatic rings. The largest absolute Gasteiger partial charge is 0.366 e. The van der Waals surface area contributed by atoms with E-state index in [0.717, 1.165) is 15.0 Å². The fourth-order valence-corrected chi connectivity index (χ4v) is 2.84. The van der Waals surface area contributed by atoms with Gasteiger partial charge in [-0.2, -0.15) is 0 Å². The number of aromatic amines is 1. The van der Waals surface area contributed by atoms with Crippen LogP contribution in [-0.2, 0) is 6.54 Å². The molecule has 0 atom stereocenters. The van der Waals surface area contributed by atoms with Crippen molar-refractivity contribution in [2.45, 2.75) is 13.5 Å². The molecule has 6 heteroatoms. The molecule has 0 bridgehead atoms. The third-order valence-corrected chi connectivity index (χ3v) is 4.10. The van der Waals surface area contributed by atoms with Crippen molar-refractivity contribution in [3.05, 3.63) is 79.1 Å². The van der Waals surface area contributed by atoms with Crippen molar-refractivity contribution >= 4 is 17.2 Å². The highest BCUT2D eigenvalue weighted by molar-refractivity contribution is 7.09. The first-order valence-corrected chi connectivity index (χ1v) is 7.71. The molecule has 0 spiro atoms. The SMILES string of the molecule is Cc1cccc(-n2c(=O)cc(NCc3cccs3)[nH]c2=O)c1. The van der Waals surface area contributed by atoms with Crippen LogP contribution in [0.25, 0.3) is 5.69 Å². The molecule has 0 saturated heterocycles. The van der Waals surface area contributed by atoms with Gasteiger partial charge in [0.1, 0.15) is 5.82 Å². The van der Waals surface area contributed by atoms with Gasteiger partial charge in [-0.1, -0.05) is 18.2 Å². The van der Waals surface area contributed by atoms with E-state index in [1.807, 2.05) is 36.6 Å². The summed E-state index contributed by atoms with van der Waals surface area (Å²) in [7, 11) is 0. The van der Waals surface area contributed by atoms with Gasteiger partial charge in [-0.05, 0) is 36.1 Å². The molecule has 0 radical (unpaired) electrons. The zero-order valence-electron chi connectivity index (χ0n) is 12.0. The van der Waals surface area contributed by atoms with Crippen LogP contribution >= 0.6 is 11.3 Å². The molecule has 0 unspecified atom stereocenters. The van der Waals surface area contributed by atoms with E-state index >= 15 is 0 Å². The Balaban J connectivity index is 1.91. The molecule has 0 aliphatic rings. The summed E-state index contributed by atoms with van der Waals surface area (Å²) >= 11 is 1.61. The Kier molecular flexibility index (Phi) is 3.93. The lowest BCUT2D eigenvalue weighted by Crippen LogP contribution is -2.33. The van der Waals surface area contributed by atoms with Crippen molar-refractivity contribution in [3.8, 4) is 5.69 Å². The van der Waals surface area contributed by atoms with Crippen LogP contribution in [0.3, 0.4) is 0 Å². The van der Waals surface area contributed by atoms with Gasteiger partial charge in [-0.25, -0.2) is 9.36 Å². The molecule has 0 fully saturated rings. The summed E-state index contributed by atoms with van der Waals surface area (Å²) in [5.41, 5.74) is 0.745. The van der Waals surface area contributed by atoms with Crippen LogP contribution in [0, 0.1) is 6.92 Å². The zero-order valence-corrected chi connectivity index (χ0v) is 12.8. The maximum absolute atomic E-state index is 12.2. The first-order valence-electron chi connectivity index (χ1n) is 6.83. The number of benzene rings is 1. The van der Waals surface area contributed by atoms with Gasteiger partial charge in [-0.15, -0.1) is 11.3 Å². The molecular formula is C16H15N3O2S. The normalized spacial score (nSPS) is 10.6. The number of hydrogen-bond donors (Lipinski definition) is 2. The van der Waals surface area contributed by atoms with E-state index in [-0.39, 0.29) is 5.56 Å². The van der Waals surface area contributed by atoms with Crippen LogP contribution in [0.15, 0.2) is 57.4 Å². The first kappa shape index (κ1) is 14.3.